The Kier molecular flexibility index (Phi) is 6.57. The number of urea groups is 1. The number of anilines is 1. The number of nitrogens with one attached hydrogen (secondary N) is 2. The van der Waals surface area contributed by atoms with Crippen molar-refractivity contribution in [3.8, 4) is 0 Å². The summed E-state index contributed by atoms with van der Waals surface area (Å²) in [5.41, 5.74) is 3.11. The van der Waals surface area contributed by atoms with Crippen LogP contribution >= 0.6 is 23.2 Å². The second-order valence-electron chi connectivity index (χ2n) is 8.86. The molecule has 2 aromatic carbocycles. The first kappa shape index (κ1) is 21.5. The van der Waals surface area contributed by atoms with Crippen LogP contribution in [-0.4, -0.2) is 37.1 Å². The zero-order valence-electron chi connectivity index (χ0n) is 17.4. The van der Waals surface area contributed by atoms with Gasteiger partial charge in [0.25, 0.3) is 0 Å². The van der Waals surface area contributed by atoms with Gasteiger partial charge in [0.2, 0.25) is 0 Å². The average molecular weight is 446 g/mol. The predicted molar refractivity (Wildman–Crippen MR) is 125 cm³/mol. The molecule has 1 saturated heterocycles. The van der Waals surface area contributed by atoms with E-state index in [0.29, 0.717) is 22.3 Å². The van der Waals surface area contributed by atoms with Crippen molar-refractivity contribution in [1.82, 2.24) is 10.2 Å². The van der Waals surface area contributed by atoms with Gasteiger partial charge in [0, 0.05) is 34.2 Å². The Morgan fingerprint density at radius 2 is 1.70 bits per heavy atom. The third-order valence-corrected chi connectivity index (χ3v) is 6.83. The van der Waals surface area contributed by atoms with Crippen molar-refractivity contribution in [3.63, 3.8) is 0 Å². The molecule has 4 nitrogen and oxygen atoms in total. The van der Waals surface area contributed by atoms with Gasteiger partial charge in [-0.15, -0.1) is 0 Å². The number of aryl methyl sites for hydroxylation is 1. The molecule has 1 heterocycles. The molecule has 6 heteroatoms. The van der Waals surface area contributed by atoms with Crippen LogP contribution in [0.25, 0.3) is 0 Å². The van der Waals surface area contributed by atoms with Crippen LogP contribution in [0.1, 0.15) is 36.8 Å². The first-order valence-corrected chi connectivity index (χ1v) is 11.5. The predicted octanol–water partition coefficient (Wildman–Crippen LogP) is 5.87. The van der Waals surface area contributed by atoms with Crippen LogP contribution in [0.4, 0.5) is 10.5 Å². The van der Waals surface area contributed by atoms with Crippen molar-refractivity contribution in [1.29, 1.82) is 0 Å². The maximum atomic E-state index is 12.6. The van der Waals surface area contributed by atoms with Gasteiger partial charge >= 0.3 is 6.03 Å². The number of piperidine rings is 1. The highest BCUT2D eigenvalue weighted by atomic mass is 35.5. The maximum Gasteiger partial charge on any atom is 0.319 e. The van der Waals surface area contributed by atoms with E-state index in [1.807, 2.05) is 0 Å². The minimum absolute atomic E-state index is 0.0446. The summed E-state index contributed by atoms with van der Waals surface area (Å²) in [6.07, 6.45) is 4.86. The number of nitrogens with zero attached hydrogens (tertiary/aromatic N) is 1. The smallest absolute Gasteiger partial charge is 0.319 e. The number of benzene rings is 2. The summed E-state index contributed by atoms with van der Waals surface area (Å²) in [7, 11) is 0. The van der Waals surface area contributed by atoms with E-state index < -0.39 is 0 Å². The average Bonchev–Trinajstić information content (AvgIpc) is 3.51. The summed E-state index contributed by atoms with van der Waals surface area (Å²) in [5.74, 6) is 0.908. The molecule has 160 valence electrons. The van der Waals surface area contributed by atoms with Crippen molar-refractivity contribution < 1.29 is 4.79 Å². The molecular weight excluding hydrogens is 417 g/mol. The van der Waals surface area contributed by atoms with Gasteiger partial charge in [0.05, 0.1) is 0 Å². The van der Waals surface area contributed by atoms with Crippen LogP contribution in [0.15, 0.2) is 42.5 Å². The molecule has 4 rings (SSSR count). The van der Waals surface area contributed by atoms with Crippen LogP contribution in [0.5, 0.6) is 0 Å². The maximum absolute atomic E-state index is 12.6. The van der Waals surface area contributed by atoms with Gasteiger partial charge in [-0.1, -0.05) is 53.0 Å². The fourth-order valence-corrected chi connectivity index (χ4v) is 4.88. The SMILES string of the molecule is Cc1ccc(C2(CNC(=O)Nc3cc(Cl)cc(Cl)c3)CCN(CC3CC3)CC2)cc1. The number of halogens is 2. The fraction of sp³-hybridized carbons (Fsp3) is 0.458. The Hall–Kier alpha value is -1.75. The monoisotopic (exact) mass is 445 g/mol. The molecule has 2 fully saturated rings. The molecule has 2 aliphatic rings. The summed E-state index contributed by atoms with van der Waals surface area (Å²) in [6.45, 7) is 6.10. The molecule has 2 amide bonds. The van der Waals surface area contributed by atoms with Gasteiger partial charge in [-0.05, 0) is 75.4 Å². The van der Waals surface area contributed by atoms with Crippen molar-refractivity contribution in [2.75, 3.05) is 31.5 Å². The molecule has 0 radical (unpaired) electrons. The van der Waals surface area contributed by atoms with Crippen molar-refractivity contribution in [3.05, 3.63) is 63.6 Å². The van der Waals surface area contributed by atoms with Gasteiger partial charge in [-0.25, -0.2) is 4.79 Å². The number of likely N-dealkylation sites (tertiary alicyclic amines) is 1. The highest BCUT2D eigenvalue weighted by Gasteiger charge is 2.37. The molecule has 1 aliphatic carbocycles. The third-order valence-electron chi connectivity index (χ3n) is 6.40. The summed E-state index contributed by atoms with van der Waals surface area (Å²) < 4.78 is 0. The lowest BCUT2D eigenvalue weighted by Crippen LogP contribution is -2.50. The Bertz CT molecular complexity index is 868. The summed E-state index contributed by atoms with van der Waals surface area (Å²) in [4.78, 5) is 15.2. The van der Waals surface area contributed by atoms with Gasteiger partial charge in [-0.2, -0.15) is 0 Å². The second kappa shape index (κ2) is 9.17. The topological polar surface area (TPSA) is 44.4 Å². The largest absolute Gasteiger partial charge is 0.337 e. The Morgan fingerprint density at radius 1 is 1.07 bits per heavy atom. The molecule has 0 bridgehead atoms. The minimum Gasteiger partial charge on any atom is -0.337 e. The van der Waals surface area contributed by atoms with Gasteiger partial charge in [-0.3, -0.25) is 0 Å². The van der Waals surface area contributed by atoms with Crippen LogP contribution in [0.3, 0.4) is 0 Å². The summed E-state index contributed by atoms with van der Waals surface area (Å²) in [5, 5.41) is 6.96. The van der Waals surface area contributed by atoms with Crippen molar-refractivity contribution in [2.45, 2.75) is 38.0 Å². The molecule has 30 heavy (non-hydrogen) atoms. The van der Waals surface area contributed by atoms with Crippen molar-refractivity contribution in [2.24, 2.45) is 5.92 Å². The molecule has 0 aromatic heterocycles. The zero-order chi connectivity index (χ0) is 21.1. The van der Waals surface area contributed by atoms with E-state index in [9.17, 15) is 4.79 Å². The van der Waals surface area contributed by atoms with E-state index in [2.05, 4.69) is 46.7 Å². The van der Waals surface area contributed by atoms with E-state index >= 15 is 0 Å². The van der Waals surface area contributed by atoms with Crippen LogP contribution in [0, 0.1) is 12.8 Å². The van der Waals surface area contributed by atoms with Gasteiger partial charge in [0.15, 0.2) is 0 Å². The van der Waals surface area contributed by atoms with E-state index in [0.717, 1.165) is 31.8 Å². The highest BCUT2D eigenvalue weighted by molar-refractivity contribution is 6.35. The number of hydrogen-bond donors (Lipinski definition) is 2. The number of carbonyl (C=O) groups excluding carboxylic acids is 1. The van der Waals surface area contributed by atoms with E-state index in [-0.39, 0.29) is 11.4 Å². The molecule has 2 aromatic rings. The lowest BCUT2D eigenvalue weighted by atomic mass is 9.72. The van der Waals surface area contributed by atoms with E-state index in [1.54, 1.807) is 18.2 Å². The van der Waals surface area contributed by atoms with Gasteiger partial charge < -0.3 is 15.5 Å². The fourth-order valence-electron chi connectivity index (χ4n) is 4.35. The first-order chi connectivity index (χ1) is 14.4. The molecule has 0 spiro atoms. The number of carbonyl (C=O) groups is 1. The number of amides is 2. The molecule has 2 N–H and O–H groups in total. The first-order valence-electron chi connectivity index (χ1n) is 10.7. The quantitative estimate of drug-likeness (QED) is 0.583. The molecular formula is C24H29Cl2N3O. The summed E-state index contributed by atoms with van der Waals surface area (Å²) >= 11 is 12.1. The Labute approximate surface area is 188 Å². The molecule has 1 aliphatic heterocycles. The zero-order valence-corrected chi connectivity index (χ0v) is 18.9. The lowest BCUT2D eigenvalue weighted by Gasteiger charge is -2.42. The highest BCUT2D eigenvalue weighted by Crippen LogP contribution is 2.37. The lowest BCUT2D eigenvalue weighted by molar-refractivity contribution is 0.152. The van der Waals surface area contributed by atoms with Crippen molar-refractivity contribution >= 4 is 34.9 Å². The Balaban J connectivity index is 1.43. The van der Waals surface area contributed by atoms with Crippen LogP contribution in [0.2, 0.25) is 10.0 Å². The molecule has 0 atom stereocenters. The van der Waals surface area contributed by atoms with E-state index in [1.165, 1.54) is 30.5 Å². The summed E-state index contributed by atoms with van der Waals surface area (Å²) in [6, 6.07) is 13.6. The standard InChI is InChI=1S/C24H29Cl2N3O/c1-17-2-6-19(7-3-17)24(8-10-29(11-9-24)15-18-4-5-18)16-27-23(30)28-22-13-20(25)12-21(26)14-22/h2-3,6-7,12-14,18H,4-5,8-11,15-16H2,1H3,(H2,27,28,30). The van der Waals surface area contributed by atoms with Gasteiger partial charge in [0.1, 0.15) is 0 Å². The number of rotatable bonds is 6. The normalized spacial score (nSPS) is 18.8. The van der Waals surface area contributed by atoms with E-state index in [4.69, 9.17) is 23.2 Å². The third kappa shape index (κ3) is 5.48. The Morgan fingerprint density at radius 3 is 2.30 bits per heavy atom. The van der Waals surface area contributed by atoms with Crippen LogP contribution < -0.4 is 10.6 Å². The minimum atomic E-state index is -0.236. The second-order valence-corrected chi connectivity index (χ2v) is 9.73. The number of hydrogen-bond acceptors (Lipinski definition) is 2. The molecule has 1 saturated carbocycles. The van der Waals surface area contributed by atoms with Crippen LogP contribution in [-0.2, 0) is 5.41 Å². The molecule has 0 unspecified atom stereocenters.